The highest BCUT2D eigenvalue weighted by Crippen LogP contribution is 2.30. The van der Waals surface area contributed by atoms with E-state index in [1.807, 2.05) is 0 Å². The van der Waals surface area contributed by atoms with Gasteiger partial charge in [0.15, 0.2) is 11.5 Å². The Hall–Kier alpha value is -2.27. The van der Waals surface area contributed by atoms with Crippen LogP contribution in [0.1, 0.15) is 5.56 Å². The summed E-state index contributed by atoms with van der Waals surface area (Å²) in [6, 6.07) is 13.3. The fraction of sp³-hybridized carbons (Fsp3) is 0.125. The number of aryl methyl sites for hydroxylation is 1. The number of hydrogen-bond acceptors (Lipinski definition) is 4. The van der Waals surface area contributed by atoms with Crippen LogP contribution in [0.3, 0.4) is 0 Å². The Balaban J connectivity index is 2.33. The number of hydrogen-bond donors (Lipinski definition) is 0. The first-order valence-electron chi connectivity index (χ1n) is 6.37. The summed E-state index contributed by atoms with van der Waals surface area (Å²) in [6.07, 6.45) is 1.58. The van der Waals surface area contributed by atoms with Crippen LogP contribution in [0, 0.1) is 6.92 Å². The molecule has 0 aromatic heterocycles. The number of ether oxygens (including phenoxy) is 1. The minimum atomic E-state index is -3.90. The number of rotatable bonds is 6. The van der Waals surface area contributed by atoms with Gasteiger partial charge in [0, 0.05) is 0 Å². The molecule has 110 valence electrons. The normalized spacial score (nSPS) is 10.9. The van der Waals surface area contributed by atoms with Crippen molar-refractivity contribution in [1.82, 2.24) is 0 Å². The van der Waals surface area contributed by atoms with Crippen LogP contribution in [0.2, 0.25) is 0 Å². The van der Waals surface area contributed by atoms with Crippen LogP contribution in [0.4, 0.5) is 0 Å². The molecule has 0 heterocycles. The Labute approximate surface area is 124 Å². The van der Waals surface area contributed by atoms with Crippen molar-refractivity contribution in [3.05, 3.63) is 66.7 Å². The molecule has 21 heavy (non-hydrogen) atoms. The summed E-state index contributed by atoms with van der Waals surface area (Å²) >= 11 is 0. The van der Waals surface area contributed by atoms with Crippen molar-refractivity contribution in [2.45, 2.75) is 11.8 Å². The molecule has 0 saturated carbocycles. The van der Waals surface area contributed by atoms with E-state index in [0.717, 1.165) is 0 Å². The molecule has 2 rings (SSSR count). The minimum Gasteiger partial charge on any atom is -0.486 e. The highest BCUT2D eigenvalue weighted by atomic mass is 32.2. The molecule has 0 bridgehead atoms. The lowest BCUT2D eigenvalue weighted by molar-refractivity contribution is 0.348. The second kappa shape index (κ2) is 6.45. The minimum absolute atomic E-state index is 0.142. The van der Waals surface area contributed by atoms with Crippen LogP contribution in [0.15, 0.2) is 66.1 Å². The van der Waals surface area contributed by atoms with Crippen LogP contribution >= 0.6 is 0 Å². The van der Waals surface area contributed by atoms with Gasteiger partial charge < -0.3 is 8.92 Å². The van der Waals surface area contributed by atoms with Gasteiger partial charge in [-0.1, -0.05) is 43.0 Å². The summed E-state index contributed by atoms with van der Waals surface area (Å²) in [6.45, 7) is 5.54. The smallest absolute Gasteiger partial charge is 0.339 e. The zero-order valence-corrected chi connectivity index (χ0v) is 12.5. The molecule has 0 atom stereocenters. The van der Waals surface area contributed by atoms with Crippen LogP contribution in [-0.2, 0) is 10.1 Å². The molecule has 4 nitrogen and oxygen atoms in total. The van der Waals surface area contributed by atoms with E-state index in [1.165, 1.54) is 6.07 Å². The van der Waals surface area contributed by atoms with Crippen molar-refractivity contribution in [1.29, 1.82) is 0 Å². The van der Waals surface area contributed by atoms with Crippen LogP contribution in [0.5, 0.6) is 11.5 Å². The molecule has 0 unspecified atom stereocenters. The summed E-state index contributed by atoms with van der Waals surface area (Å²) in [5.74, 6) is 0.511. The molecule has 0 fully saturated rings. The van der Waals surface area contributed by atoms with Gasteiger partial charge in [0.25, 0.3) is 0 Å². The molecule has 0 aliphatic heterocycles. The molecular formula is C16H16O4S. The molecule has 0 aliphatic carbocycles. The summed E-state index contributed by atoms with van der Waals surface area (Å²) in [7, 11) is -3.90. The molecule has 0 saturated heterocycles. The Bertz CT molecular complexity index is 735. The molecule has 0 spiro atoms. The molecule has 0 N–H and O–H groups in total. The lowest BCUT2D eigenvalue weighted by Gasteiger charge is -2.12. The highest BCUT2D eigenvalue weighted by Gasteiger charge is 2.20. The fourth-order valence-electron chi connectivity index (χ4n) is 1.79. The third-order valence-electron chi connectivity index (χ3n) is 2.77. The van der Waals surface area contributed by atoms with Crippen molar-refractivity contribution in [3.8, 4) is 11.5 Å². The van der Waals surface area contributed by atoms with E-state index < -0.39 is 10.1 Å². The molecule has 0 aliphatic rings. The van der Waals surface area contributed by atoms with Gasteiger partial charge in [-0.2, -0.15) is 8.42 Å². The van der Waals surface area contributed by atoms with Crippen molar-refractivity contribution in [2.24, 2.45) is 0 Å². The summed E-state index contributed by atoms with van der Waals surface area (Å²) in [5, 5.41) is 0. The van der Waals surface area contributed by atoms with Crippen molar-refractivity contribution < 1.29 is 17.3 Å². The van der Waals surface area contributed by atoms with Gasteiger partial charge in [-0.3, -0.25) is 0 Å². The van der Waals surface area contributed by atoms with Gasteiger partial charge in [-0.05, 0) is 30.7 Å². The first-order chi connectivity index (χ1) is 10.0. The van der Waals surface area contributed by atoms with Gasteiger partial charge in [0.1, 0.15) is 11.5 Å². The maximum absolute atomic E-state index is 12.4. The molecule has 0 radical (unpaired) electrons. The fourth-order valence-corrected chi connectivity index (χ4v) is 2.96. The number of benzene rings is 2. The lowest BCUT2D eigenvalue weighted by Crippen LogP contribution is -2.12. The van der Waals surface area contributed by atoms with E-state index in [1.54, 1.807) is 55.5 Å². The second-order valence-electron chi connectivity index (χ2n) is 4.35. The van der Waals surface area contributed by atoms with E-state index >= 15 is 0 Å². The van der Waals surface area contributed by atoms with Gasteiger partial charge in [0.2, 0.25) is 0 Å². The molecular weight excluding hydrogens is 288 g/mol. The maximum atomic E-state index is 12.4. The van der Waals surface area contributed by atoms with Crippen molar-refractivity contribution >= 4 is 10.1 Å². The zero-order valence-electron chi connectivity index (χ0n) is 11.7. The topological polar surface area (TPSA) is 52.6 Å². The maximum Gasteiger partial charge on any atom is 0.339 e. The molecule has 2 aromatic rings. The first-order valence-corrected chi connectivity index (χ1v) is 7.78. The predicted octanol–water partition coefficient (Wildman–Crippen LogP) is 3.33. The average Bonchev–Trinajstić information content (AvgIpc) is 2.46. The van der Waals surface area contributed by atoms with E-state index in [0.29, 0.717) is 11.3 Å². The van der Waals surface area contributed by atoms with E-state index in [4.69, 9.17) is 8.92 Å². The lowest BCUT2D eigenvalue weighted by atomic mass is 10.2. The van der Waals surface area contributed by atoms with E-state index in [-0.39, 0.29) is 17.3 Å². The van der Waals surface area contributed by atoms with Crippen LogP contribution in [0.25, 0.3) is 0 Å². The Morgan fingerprint density at radius 3 is 2.33 bits per heavy atom. The van der Waals surface area contributed by atoms with Gasteiger partial charge in [0.05, 0.1) is 0 Å². The van der Waals surface area contributed by atoms with E-state index in [9.17, 15) is 8.42 Å². The summed E-state index contributed by atoms with van der Waals surface area (Å²) in [5.41, 5.74) is 0.627. The summed E-state index contributed by atoms with van der Waals surface area (Å²) < 4.78 is 35.3. The molecule has 2 aromatic carbocycles. The molecule has 0 amide bonds. The van der Waals surface area contributed by atoms with Gasteiger partial charge in [-0.15, -0.1) is 0 Å². The predicted molar refractivity (Wildman–Crippen MR) is 81.1 cm³/mol. The zero-order chi connectivity index (χ0) is 15.3. The largest absolute Gasteiger partial charge is 0.486 e. The van der Waals surface area contributed by atoms with Crippen molar-refractivity contribution in [3.63, 3.8) is 0 Å². The second-order valence-corrected chi connectivity index (χ2v) is 5.86. The average molecular weight is 304 g/mol. The van der Waals surface area contributed by atoms with Crippen LogP contribution in [-0.4, -0.2) is 15.0 Å². The monoisotopic (exact) mass is 304 g/mol. The Morgan fingerprint density at radius 1 is 1.05 bits per heavy atom. The first kappa shape index (κ1) is 15.1. The molecule has 5 heteroatoms. The Morgan fingerprint density at radius 2 is 1.67 bits per heavy atom. The van der Waals surface area contributed by atoms with Crippen LogP contribution < -0.4 is 8.92 Å². The summed E-state index contributed by atoms with van der Waals surface area (Å²) in [4.78, 5) is 0.142. The van der Waals surface area contributed by atoms with Gasteiger partial charge in [-0.25, -0.2) is 0 Å². The highest BCUT2D eigenvalue weighted by molar-refractivity contribution is 7.87. The number of para-hydroxylation sites is 2. The standard InChI is InChI=1S/C16H16O4S/c1-3-12-19-14-9-5-6-10-15(14)20-21(17,18)16-11-7-4-8-13(16)2/h3-11H,1,12H2,2H3. The van der Waals surface area contributed by atoms with Crippen molar-refractivity contribution in [2.75, 3.05) is 6.61 Å². The Kier molecular flexibility index (Phi) is 4.65. The van der Waals surface area contributed by atoms with Gasteiger partial charge >= 0.3 is 10.1 Å². The van der Waals surface area contributed by atoms with E-state index in [2.05, 4.69) is 6.58 Å². The quantitative estimate of drug-likeness (QED) is 0.607. The third-order valence-corrected chi connectivity index (χ3v) is 4.16. The SMILES string of the molecule is C=CCOc1ccccc1OS(=O)(=O)c1ccccc1C. The third kappa shape index (κ3) is 3.64.